The normalized spacial score (nSPS) is 10.9. The van der Waals surface area contributed by atoms with Gasteiger partial charge in [0, 0.05) is 0 Å². The maximum Gasteiger partial charge on any atom is 0.244 e. The van der Waals surface area contributed by atoms with Gasteiger partial charge in [-0.05, 0) is 79.7 Å². The number of halogens is 3. The number of ether oxygens (including phenoxy) is 1. The minimum Gasteiger partial charge on any atom is -0.487 e. The number of carbonyl (C=O) groups is 1. The molecule has 0 atom stereocenters. The minimum atomic E-state index is -0.334. The Balaban J connectivity index is 1.57. The van der Waals surface area contributed by atoms with Crippen molar-refractivity contribution in [1.29, 1.82) is 0 Å². The van der Waals surface area contributed by atoms with Crippen molar-refractivity contribution in [2.45, 2.75) is 20.0 Å². The zero-order chi connectivity index (χ0) is 21.5. The number of hydrogen-bond donors (Lipinski definition) is 1. The predicted molar refractivity (Wildman–Crippen MR) is 123 cm³/mol. The molecule has 0 radical (unpaired) electrons. The number of benzene rings is 3. The second-order valence-corrected chi connectivity index (χ2v) is 8.39. The van der Waals surface area contributed by atoms with Crippen molar-refractivity contribution in [2.24, 2.45) is 5.10 Å². The number of aryl methyl sites for hydroxylation is 1. The van der Waals surface area contributed by atoms with Gasteiger partial charge in [-0.2, -0.15) is 5.10 Å². The lowest BCUT2D eigenvalue weighted by molar-refractivity contribution is -0.120. The summed E-state index contributed by atoms with van der Waals surface area (Å²) in [4.78, 5) is 12.0. The van der Waals surface area contributed by atoms with E-state index < -0.39 is 0 Å². The van der Waals surface area contributed by atoms with E-state index in [9.17, 15) is 9.18 Å². The molecule has 1 N–H and O–H groups in total. The number of hydrogen-bond acceptors (Lipinski definition) is 3. The van der Waals surface area contributed by atoms with E-state index in [2.05, 4.69) is 42.4 Å². The van der Waals surface area contributed by atoms with Crippen molar-refractivity contribution in [3.63, 3.8) is 0 Å². The average Bonchev–Trinajstić information content (AvgIpc) is 2.70. The molecule has 30 heavy (non-hydrogen) atoms. The standard InChI is InChI=1S/C23H19Br2FN2O2/c1-15-2-4-17(5-3-15)14-30-23-20(24)10-18(11-21(23)25)13-27-28-22(29)12-16-6-8-19(26)9-7-16/h2-11,13H,12,14H2,1H3,(H,28,29)/b27-13+. The van der Waals surface area contributed by atoms with Crippen LogP contribution in [-0.4, -0.2) is 12.1 Å². The Kier molecular flexibility index (Phi) is 7.76. The molecule has 0 saturated heterocycles. The largest absolute Gasteiger partial charge is 0.487 e. The summed E-state index contributed by atoms with van der Waals surface area (Å²) >= 11 is 7.04. The van der Waals surface area contributed by atoms with E-state index in [-0.39, 0.29) is 18.1 Å². The molecular formula is C23H19Br2FN2O2. The van der Waals surface area contributed by atoms with E-state index in [4.69, 9.17) is 4.74 Å². The molecule has 0 aliphatic carbocycles. The van der Waals surface area contributed by atoms with Gasteiger partial charge in [0.25, 0.3) is 0 Å². The first-order valence-electron chi connectivity index (χ1n) is 9.14. The van der Waals surface area contributed by atoms with E-state index in [0.29, 0.717) is 17.9 Å². The predicted octanol–water partition coefficient (Wildman–Crippen LogP) is 5.93. The van der Waals surface area contributed by atoms with Gasteiger partial charge in [-0.1, -0.05) is 42.0 Å². The van der Waals surface area contributed by atoms with Crippen molar-refractivity contribution in [1.82, 2.24) is 5.43 Å². The van der Waals surface area contributed by atoms with Crippen LogP contribution in [0.1, 0.15) is 22.3 Å². The molecule has 3 rings (SSSR count). The van der Waals surface area contributed by atoms with Gasteiger partial charge in [0.1, 0.15) is 18.2 Å². The fourth-order valence-electron chi connectivity index (χ4n) is 2.64. The second kappa shape index (κ2) is 10.5. The van der Waals surface area contributed by atoms with Crippen LogP contribution in [0.5, 0.6) is 5.75 Å². The van der Waals surface area contributed by atoms with E-state index in [1.807, 2.05) is 43.3 Å². The molecule has 7 heteroatoms. The van der Waals surface area contributed by atoms with Gasteiger partial charge in [-0.3, -0.25) is 4.79 Å². The van der Waals surface area contributed by atoms with Crippen LogP contribution >= 0.6 is 31.9 Å². The smallest absolute Gasteiger partial charge is 0.244 e. The Hall–Kier alpha value is -2.51. The van der Waals surface area contributed by atoms with E-state index in [1.165, 1.54) is 17.7 Å². The fraction of sp³-hybridized carbons (Fsp3) is 0.130. The van der Waals surface area contributed by atoms with Gasteiger partial charge >= 0.3 is 0 Å². The third kappa shape index (κ3) is 6.50. The first kappa shape index (κ1) is 22.2. The molecule has 154 valence electrons. The van der Waals surface area contributed by atoms with Gasteiger partial charge in [0.05, 0.1) is 21.6 Å². The van der Waals surface area contributed by atoms with Gasteiger partial charge in [-0.15, -0.1) is 0 Å². The van der Waals surface area contributed by atoms with E-state index in [1.54, 1.807) is 18.3 Å². The lowest BCUT2D eigenvalue weighted by atomic mass is 10.1. The summed E-state index contributed by atoms with van der Waals surface area (Å²) in [5, 5.41) is 3.99. The molecule has 0 aromatic heterocycles. The Bertz CT molecular complexity index is 1030. The van der Waals surface area contributed by atoms with Crippen LogP contribution in [0.25, 0.3) is 0 Å². The highest BCUT2D eigenvalue weighted by Gasteiger charge is 2.09. The number of amides is 1. The lowest BCUT2D eigenvalue weighted by Crippen LogP contribution is -2.19. The quantitative estimate of drug-likeness (QED) is 0.302. The molecule has 0 unspecified atom stereocenters. The Labute approximate surface area is 191 Å². The monoisotopic (exact) mass is 532 g/mol. The highest BCUT2D eigenvalue weighted by atomic mass is 79.9. The lowest BCUT2D eigenvalue weighted by Gasteiger charge is -2.11. The topological polar surface area (TPSA) is 50.7 Å². The van der Waals surface area contributed by atoms with Gasteiger partial charge in [0.2, 0.25) is 5.91 Å². The Morgan fingerprint density at radius 2 is 1.63 bits per heavy atom. The van der Waals surface area contributed by atoms with Crippen LogP contribution in [0.2, 0.25) is 0 Å². The van der Waals surface area contributed by atoms with Crippen molar-refractivity contribution < 1.29 is 13.9 Å². The maximum absolute atomic E-state index is 12.9. The van der Waals surface area contributed by atoms with Crippen LogP contribution in [0.15, 0.2) is 74.7 Å². The van der Waals surface area contributed by atoms with Crippen LogP contribution < -0.4 is 10.2 Å². The zero-order valence-electron chi connectivity index (χ0n) is 16.2. The Morgan fingerprint density at radius 1 is 1.03 bits per heavy atom. The number of hydrazone groups is 1. The molecule has 0 aliphatic rings. The molecule has 0 heterocycles. The summed E-state index contributed by atoms with van der Waals surface area (Å²) < 4.78 is 20.4. The van der Waals surface area contributed by atoms with Crippen LogP contribution in [0.4, 0.5) is 4.39 Å². The summed E-state index contributed by atoms with van der Waals surface area (Å²) in [6.45, 7) is 2.49. The van der Waals surface area contributed by atoms with Gasteiger partial charge in [-0.25, -0.2) is 9.82 Å². The molecule has 3 aromatic rings. The molecule has 0 fully saturated rings. The van der Waals surface area contributed by atoms with Crippen LogP contribution in [0.3, 0.4) is 0 Å². The Morgan fingerprint density at radius 3 is 2.27 bits per heavy atom. The molecule has 0 bridgehead atoms. The van der Waals surface area contributed by atoms with Crippen molar-refractivity contribution in [3.05, 3.63) is 97.7 Å². The number of rotatable bonds is 7. The molecular weight excluding hydrogens is 515 g/mol. The SMILES string of the molecule is Cc1ccc(COc2c(Br)cc(/C=N/NC(=O)Cc3ccc(F)cc3)cc2Br)cc1. The average molecular weight is 534 g/mol. The van der Waals surface area contributed by atoms with Crippen molar-refractivity contribution in [3.8, 4) is 5.75 Å². The van der Waals surface area contributed by atoms with E-state index >= 15 is 0 Å². The highest BCUT2D eigenvalue weighted by Crippen LogP contribution is 2.35. The summed E-state index contributed by atoms with van der Waals surface area (Å²) in [5.74, 6) is 0.0711. The fourth-order valence-corrected chi connectivity index (χ4v) is 4.09. The van der Waals surface area contributed by atoms with E-state index in [0.717, 1.165) is 20.1 Å². The molecule has 0 aliphatic heterocycles. The maximum atomic E-state index is 12.9. The van der Waals surface area contributed by atoms with Crippen molar-refractivity contribution >= 4 is 44.0 Å². The van der Waals surface area contributed by atoms with Gasteiger partial charge < -0.3 is 4.74 Å². The second-order valence-electron chi connectivity index (χ2n) is 6.68. The number of carbonyl (C=O) groups excluding carboxylic acids is 1. The summed E-state index contributed by atoms with van der Waals surface area (Å²) in [6, 6.07) is 17.7. The molecule has 0 saturated carbocycles. The third-order valence-electron chi connectivity index (χ3n) is 4.21. The van der Waals surface area contributed by atoms with Gasteiger partial charge in [0.15, 0.2) is 0 Å². The molecule has 0 spiro atoms. The number of nitrogens with zero attached hydrogens (tertiary/aromatic N) is 1. The minimum absolute atomic E-state index is 0.122. The summed E-state index contributed by atoms with van der Waals surface area (Å²) in [7, 11) is 0. The van der Waals surface area contributed by atoms with Crippen molar-refractivity contribution in [2.75, 3.05) is 0 Å². The highest BCUT2D eigenvalue weighted by molar-refractivity contribution is 9.11. The van der Waals surface area contributed by atoms with Crippen LogP contribution in [-0.2, 0) is 17.8 Å². The first-order chi connectivity index (χ1) is 14.4. The van der Waals surface area contributed by atoms with Crippen LogP contribution in [0, 0.1) is 12.7 Å². The number of nitrogens with one attached hydrogen (secondary N) is 1. The first-order valence-corrected chi connectivity index (χ1v) is 10.7. The summed E-state index contributed by atoms with van der Waals surface area (Å²) in [5.41, 5.74) is 6.24. The molecule has 3 aromatic carbocycles. The molecule has 4 nitrogen and oxygen atoms in total. The third-order valence-corrected chi connectivity index (χ3v) is 5.38. The molecule has 1 amide bonds. The summed E-state index contributed by atoms with van der Waals surface area (Å²) in [6.07, 6.45) is 1.67. The zero-order valence-corrected chi connectivity index (χ0v) is 19.3.